The average molecular weight is 228 g/mol. The van der Waals surface area contributed by atoms with Gasteiger partial charge in [0.15, 0.2) is 0 Å². The first kappa shape index (κ1) is 10.3. The Morgan fingerprint density at radius 1 is 1.60 bits per heavy atom. The Morgan fingerprint density at radius 2 is 2.33 bits per heavy atom. The largest absolute Gasteiger partial charge is 0.493 e. The molecule has 1 aromatic carbocycles. The van der Waals surface area contributed by atoms with E-state index in [2.05, 4.69) is 0 Å². The van der Waals surface area contributed by atoms with Crippen LogP contribution >= 0.6 is 11.6 Å². The van der Waals surface area contributed by atoms with E-state index in [1.165, 1.54) is 0 Å². The van der Waals surface area contributed by atoms with Gasteiger partial charge in [-0.3, -0.25) is 0 Å². The van der Waals surface area contributed by atoms with E-state index < -0.39 is 11.5 Å². The summed E-state index contributed by atoms with van der Waals surface area (Å²) in [6, 6.07) is 4.83. The molecule has 3 N–H and O–H groups in total. The Hall–Kier alpha value is -1.26. The first-order valence-corrected chi connectivity index (χ1v) is 4.87. The fraction of sp³-hybridized carbons (Fsp3) is 0.300. The highest BCUT2D eigenvalue weighted by molar-refractivity contribution is 6.30. The maximum absolute atomic E-state index is 11.1. The number of rotatable bonds is 1. The monoisotopic (exact) mass is 227 g/mol. The van der Waals surface area contributed by atoms with E-state index in [1.54, 1.807) is 18.2 Å². The molecule has 0 aromatic heterocycles. The second-order valence-corrected chi connectivity index (χ2v) is 3.95. The van der Waals surface area contributed by atoms with E-state index in [9.17, 15) is 4.79 Å². The number of carboxylic acid groups (broad SMARTS) is 1. The molecule has 0 saturated carbocycles. The lowest BCUT2D eigenvalue weighted by molar-refractivity contribution is -0.144. The fourth-order valence-electron chi connectivity index (χ4n) is 1.66. The van der Waals surface area contributed by atoms with Gasteiger partial charge >= 0.3 is 5.97 Å². The van der Waals surface area contributed by atoms with Gasteiger partial charge in [0.05, 0.1) is 6.61 Å². The summed E-state index contributed by atoms with van der Waals surface area (Å²) < 4.78 is 5.32. The molecule has 1 aliphatic heterocycles. The van der Waals surface area contributed by atoms with Crippen molar-refractivity contribution >= 4 is 17.6 Å². The van der Waals surface area contributed by atoms with Gasteiger partial charge in [-0.15, -0.1) is 0 Å². The molecule has 0 saturated heterocycles. The Balaban J connectivity index is 2.59. The lowest BCUT2D eigenvalue weighted by Gasteiger charge is -2.31. The van der Waals surface area contributed by atoms with Gasteiger partial charge < -0.3 is 15.6 Å². The van der Waals surface area contributed by atoms with Gasteiger partial charge in [-0.2, -0.15) is 0 Å². The van der Waals surface area contributed by atoms with E-state index in [0.717, 1.165) is 0 Å². The van der Waals surface area contributed by atoms with Gasteiger partial charge in [0.1, 0.15) is 11.3 Å². The number of benzene rings is 1. The molecule has 0 aliphatic carbocycles. The minimum atomic E-state index is -1.39. The Kier molecular flexibility index (Phi) is 2.32. The summed E-state index contributed by atoms with van der Waals surface area (Å²) in [7, 11) is 0. The van der Waals surface area contributed by atoms with Crippen molar-refractivity contribution in [3.63, 3.8) is 0 Å². The molecule has 4 nitrogen and oxygen atoms in total. The summed E-state index contributed by atoms with van der Waals surface area (Å²) in [5.41, 5.74) is 4.89. The van der Waals surface area contributed by atoms with Crippen molar-refractivity contribution < 1.29 is 14.6 Å². The van der Waals surface area contributed by atoms with Crippen molar-refractivity contribution in [2.75, 3.05) is 6.61 Å². The van der Waals surface area contributed by atoms with Crippen LogP contribution in [-0.2, 0) is 10.3 Å². The van der Waals surface area contributed by atoms with Crippen LogP contribution in [-0.4, -0.2) is 17.7 Å². The van der Waals surface area contributed by atoms with E-state index >= 15 is 0 Å². The number of hydrogen-bond donors (Lipinski definition) is 2. The topological polar surface area (TPSA) is 72.6 Å². The Morgan fingerprint density at radius 3 is 3.00 bits per heavy atom. The van der Waals surface area contributed by atoms with Gasteiger partial charge in [0.2, 0.25) is 0 Å². The highest BCUT2D eigenvalue weighted by Crippen LogP contribution is 2.36. The number of hydrogen-bond acceptors (Lipinski definition) is 3. The third kappa shape index (κ3) is 1.56. The van der Waals surface area contributed by atoms with Gasteiger partial charge in [0.25, 0.3) is 0 Å². The van der Waals surface area contributed by atoms with E-state index in [1.807, 2.05) is 0 Å². The minimum Gasteiger partial charge on any atom is -0.493 e. The lowest BCUT2D eigenvalue weighted by atomic mass is 9.86. The van der Waals surface area contributed by atoms with Gasteiger partial charge in [-0.25, -0.2) is 4.79 Å². The molecule has 5 heteroatoms. The lowest BCUT2D eigenvalue weighted by Crippen LogP contribution is -2.48. The van der Waals surface area contributed by atoms with Crippen LogP contribution in [0.3, 0.4) is 0 Å². The molecule has 0 radical (unpaired) electrons. The standard InChI is InChI=1S/C10H10ClNO3/c11-6-1-2-8-7(5-6)10(12,9(13)14)3-4-15-8/h1-2,5H,3-4,12H2,(H,13,14)/t10-/m0/s1. The summed E-state index contributed by atoms with van der Waals surface area (Å²) in [4.78, 5) is 11.1. The molecule has 0 spiro atoms. The SMILES string of the molecule is N[C@@]1(C(=O)O)CCOc2ccc(Cl)cc21. The molecule has 1 heterocycles. The van der Waals surface area contributed by atoms with E-state index in [-0.39, 0.29) is 6.42 Å². The third-order valence-corrected chi connectivity index (χ3v) is 2.79. The summed E-state index contributed by atoms with van der Waals surface area (Å²) in [5.74, 6) is -0.565. The zero-order chi connectivity index (χ0) is 11.1. The van der Waals surface area contributed by atoms with Crippen molar-refractivity contribution in [1.29, 1.82) is 0 Å². The number of nitrogens with two attached hydrogens (primary N) is 1. The summed E-state index contributed by atoms with van der Waals surface area (Å²) >= 11 is 5.80. The molecule has 1 atom stereocenters. The molecular formula is C10H10ClNO3. The van der Waals surface area contributed by atoms with Crippen molar-refractivity contribution in [1.82, 2.24) is 0 Å². The van der Waals surface area contributed by atoms with Gasteiger partial charge in [0, 0.05) is 17.0 Å². The Labute approximate surface area is 91.6 Å². The van der Waals surface area contributed by atoms with Crippen molar-refractivity contribution in [2.24, 2.45) is 5.73 Å². The molecule has 15 heavy (non-hydrogen) atoms. The summed E-state index contributed by atoms with van der Waals surface area (Å²) in [6.45, 7) is 0.303. The molecule has 0 bridgehead atoms. The molecule has 1 aromatic rings. The first-order valence-electron chi connectivity index (χ1n) is 4.49. The van der Waals surface area contributed by atoms with Crippen molar-refractivity contribution in [2.45, 2.75) is 12.0 Å². The van der Waals surface area contributed by atoms with Crippen LogP contribution < -0.4 is 10.5 Å². The molecule has 0 fully saturated rings. The van der Waals surface area contributed by atoms with Crippen LogP contribution in [0.25, 0.3) is 0 Å². The van der Waals surface area contributed by atoms with Crippen LogP contribution in [0.2, 0.25) is 5.02 Å². The predicted molar refractivity (Wildman–Crippen MR) is 55.1 cm³/mol. The van der Waals surface area contributed by atoms with Crippen LogP contribution in [0, 0.1) is 0 Å². The number of carboxylic acids is 1. The number of ether oxygens (including phenoxy) is 1. The average Bonchev–Trinajstić information content (AvgIpc) is 2.19. The normalized spacial score (nSPS) is 24.1. The minimum absolute atomic E-state index is 0.246. The smallest absolute Gasteiger partial charge is 0.328 e. The maximum atomic E-state index is 11.1. The molecule has 1 aliphatic rings. The number of fused-ring (bicyclic) bond motifs is 1. The van der Waals surface area contributed by atoms with Crippen LogP contribution in [0.4, 0.5) is 0 Å². The third-order valence-electron chi connectivity index (χ3n) is 2.56. The zero-order valence-electron chi connectivity index (χ0n) is 7.87. The number of aliphatic carboxylic acids is 1. The van der Waals surface area contributed by atoms with Crippen molar-refractivity contribution in [3.8, 4) is 5.75 Å². The summed E-state index contributed by atoms with van der Waals surface area (Å²) in [5, 5.41) is 9.57. The maximum Gasteiger partial charge on any atom is 0.328 e. The van der Waals surface area contributed by atoms with Crippen LogP contribution in [0.1, 0.15) is 12.0 Å². The second-order valence-electron chi connectivity index (χ2n) is 3.52. The highest BCUT2D eigenvalue weighted by atomic mass is 35.5. The van der Waals surface area contributed by atoms with E-state index in [4.69, 9.17) is 27.2 Å². The van der Waals surface area contributed by atoms with Gasteiger partial charge in [-0.1, -0.05) is 11.6 Å². The van der Waals surface area contributed by atoms with E-state index in [0.29, 0.717) is 22.9 Å². The number of carbonyl (C=O) groups is 1. The van der Waals surface area contributed by atoms with Crippen LogP contribution in [0.5, 0.6) is 5.75 Å². The fourth-order valence-corrected chi connectivity index (χ4v) is 1.83. The molecular weight excluding hydrogens is 218 g/mol. The molecule has 0 unspecified atom stereocenters. The molecule has 2 rings (SSSR count). The van der Waals surface area contributed by atoms with Crippen LogP contribution in [0.15, 0.2) is 18.2 Å². The first-order chi connectivity index (χ1) is 7.04. The molecule has 80 valence electrons. The summed E-state index contributed by atoms with van der Waals surface area (Å²) in [6.07, 6.45) is 0.246. The second kappa shape index (κ2) is 3.40. The highest BCUT2D eigenvalue weighted by Gasteiger charge is 2.41. The Bertz CT molecular complexity index is 421. The number of halogens is 1. The predicted octanol–water partition coefficient (Wildman–Crippen LogP) is 1.36. The zero-order valence-corrected chi connectivity index (χ0v) is 8.62. The van der Waals surface area contributed by atoms with Gasteiger partial charge in [-0.05, 0) is 18.2 Å². The van der Waals surface area contributed by atoms with Crippen molar-refractivity contribution in [3.05, 3.63) is 28.8 Å². The molecule has 0 amide bonds. The quantitative estimate of drug-likeness (QED) is 0.760.